The van der Waals surface area contributed by atoms with Gasteiger partial charge in [-0.1, -0.05) is 12.1 Å². The molecule has 124 valence electrons. The third-order valence-corrected chi connectivity index (χ3v) is 4.91. The van der Waals surface area contributed by atoms with Crippen LogP contribution in [-0.2, 0) is 0 Å². The zero-order valence-corrected chi connectivity index (χ0v) is 13.4. The molecule has 0 amide bonds. The number of aliphatic hydroxyl groups excluding tert-OH is 3. The van der Waals surface area contributed by atoms with E-state index in [9.17, 15) is 15.3 Å². The second-order valence-electron chi connectivity index (χ2n) is 5.40. The van der Waals surface area contributed by atoms with E-state index in [-0.39, 0.29) is 5.75 Å². The summed E-state index contributed by atoms with van der Waals surface area (Å²) in [6, 6.07) is 12.3. The molecule has 2 aromatic rings. The van der Waals surface area contributed by atoms with Crippen LogP contribution in [0.3, 0.4) is 0 Å². The predicted octanol–water partition coefficient (Wildman–Crippen LogP) is 1.15. The van der Waals surface area contributed by atoms with Crippen LogP contribution in [0.2, 0.25) is 0 Å². The van der Waals surface area contributed by atoms with Gasteiger partial charge >= 0.3 is 0 Å². The maximum atomic E-state index is 10.1. The van der Waals surface area contributed by atoms with Crippen molar-refractivity contribution in [3.8, 4) is 23.1 Å². The monoisotopic (exact) mass is 344 g/mol. The van der Waals surface area contributed by atoms with Gasteiger partial charge in [0.2, 0.25) is 0 Å². The highest BCUT2D eigenvalue weighted by atomic mass is 32.2. The van der Waals surface area contributed by atoms with Gasteiger partial charge in [0.05, 0.1) is 17.7 Å². The maximum Gasteiger partial charge on any atom is 0.162 e. The first-order valence-corrected chi connectivity index (χ1v) is 8.43. The summed E-state index contributed by atoms with van der Waals surface area (Å²) < 4.78 is 5.78. The van der Waals surface area contributed by atoms with Gasteiger partial charge in [0, 0.05) is 17.5 Å². The summed E-state index contributed by atoms with van der Waals surface area (Å²) in [4.78, 5) is 4.30. The average Bonchev–Trinajstić information content (AvgIpc) is 2.62. The minimum atomic E-state index is -1.18. The van der Waals surface area contributed by atoms with Crippen LogP contribution in [0.1, 0.15) is 5.56 Å². The number of nitriles is 1. The van der Waals surface area contributed by atoms with Crippen molar-refractivity contribution in [3.05, 3.63) is 48.2 Å². The normalized spacial score (nSPS) is 26.6. The van der Waals surface area contributed by atoms with E-state index in [0.717, 1.165) is 17.3 Å². The molecule has 7 heteroatoms. The fourth-order valence-corrected chi connectivity index (χ4v) is 3.46. The highest BCUT2D eigenvalue weighted by Crippen LogP contribution is 2.33. The first kappa shape index (κ1) is 16.7. The molecular weight excluding hydrogens is 328 g/mol. The van der Waals surface area contributed by atoms with Crippen molar-refractivity contribution in [1.29, 1.82) is 5.26 Å². The predicted molar refractivity (Wildman–Crippen MR) is 89.3 cm³/mol. The summed E-state index contributed by atoms with van der Waals surface area (Å²) in [5, 5.41) is 38.8. The smallest absolute Gasteiger partial charge is 0.162 e. The van der Waals surface area contributed by atoms with Crippen LogP contribution in [-0.4, -0.2) is 49.8 Å². The zero-order chi connectivity index (χ0) is 17.1. The van der Waals surface area contributed by atoms with Gasteiger partial charge in [0.1, 0.15) is 23.0 Å². The Morgan fingerprint density at radius 2 is 1.92 bits per heavy atom. The lowest BCUT2D eigenvalue weighted by atomic mass is 10.1. The van der Waals surface area contributed by atoms with Gasteiger partial charge in [-0.2, -0.15) is 5.26 Å². The second kappa shape index (κ2) is 7.20. The van der Waals surface area contributed by atoms with E-state index in [0.29, 0.717) is 17.0 Å². The quantitative estimate of drug-likeness (QED) is 0.767. The highest BCUT2D eigenvalue weighted by molar-refractivity contribution is 7.99. The SMILES string of the molecule is N#Cc1ccc(-c2ncccc2O[C@@H]2[C@@H](O)[C@H](O)CS[C@H]2O)cc1. The highest BCUT2D eigenvalue weighted by Gasteiger charge is 2.39. The number of aromatic nitrogens is 1. The molecule has 0 aliphatic carbocycles. The molecule has 3 N–H and O–H groups in total. The van der Waals surface area contributed by atoms with Crippen molar-refractivity contribution in [2.75, 3.05) is 5.75 Å². The number of aliphatic hydroxyl groups is 3. The lowest BCUT2D eigenvalue weighted by Crippen LogP contribution is -2.51. The maximum absolute atomic E-state index is 10.1. The second-order valence-corrected chi connectivity index (χ2v) is 6.55. The molecule has 1 aromatic carbocycles. The molecule has 4 atom stereocenters. The van der Waals surface area contributed by atoms with Crippen LogP contribution in [0.25, 0.3) is 11.3 Å². The molecule has 0 spiro atoms. The summed E-state index contributed by atoms with van der Waals surface area (Å²) in [5.41, 5.74) is 0.872. The van der Waals surface area contributed by atoms with Crippen LogP contribution < -0.4 is 4.74 Å². The molecule has 0 radical (unpaired) electrons. The lowest BCUT2D eigenvalue weighted by Gasteiger charge is -2.35. The molecular formula is C17H16N2O4S. The molecule has 24 heavy (non-hydrogen) atoms. The van der Waals surface area contributed by atoms with E-state index in [2.05, 4.69) is 11.1 Å². The Bertz CT molecular complexity index is 747. The van der Waals surface area contributed by atoms with Crippen LogP contribution in [0, 0.1) is 11.3 Å². The van der Waals surface area contributed by atoms with Crippen molar-refractivity contribution in [1.82, 2.24) is 4.98 Å². The van der Waals surface area contributed by atoms with Crippen LogP contribution in [0.4, 0.5) is 0 Å². The van der Waals surface area contributed by atoms with Crippen molar-refractivity contribution in [3.63, 3.8) is 0 Å². The van der Waals surface area contributed by atoms with Gasteiger partial charge in [0.25, 0.3) is 0 Å². The molecule has 0 saturated carbocycles. The third kappa shape index (κ3) is 3.37. The number of pyridine rings is 1. The lowest BCUT2D eigenvalue weighted by molar-refractivity contribution is -0.0720. The number of hydrogen-bond donors (Lipinski definition) is 3. The zero-order valence-electron chi connectivity index (χ0n) is 12.6. The summed E-state index contributed by atoms with van der Waals surface area (Å²) in [6.45, 7) is 0. The summed E-state index contributed by atoms with van der Waals surface area (Å²) in [5.74, 6) is 0.637. The van der Waals surface area contributed by atoms with E-state index >= 15 is 0 Å². The van der Waals surface area contributed by atoms with Crippen LogP contribution >= 0.6 is 11.8 Å². The summed E-state index contributed by atoms with van der Waals surface area (Å²) in [6.07, 6.45) is -1.49. The van der Waals surface area contributed by atoms with Gasteiger partial charge in [0.15, 0.2) is 6.10 Å². The molecule has 6 nitrogen and oxygen atoms in total. The van der Waals surface area contributed by atoms with Gasteiger partial charge in [-0.15, -0.1) is 11.8 Å². The average molecular weight is 344 g/mol. The Labute approximate surface area is 143 Å². The number of rotatable bonds is 3. The number of hydrogen-bond acceptors (Lipinski definition) is 7. The molecule has 0 bridgehead atoms. The van der Waals surface area contributed by atoms with Crippen LogP contribution in [0.5, 0.6) is 5.75 Å². The molecule has 1 saturated heterocycles. The molecule has 0 unspecified atom stereocenters. The Morgan fingerprint density at radius 3 is 2.62 bits per heavy atom. The van der Waals surface area contributed by atoms with Gasteiger partial charge < -0.3 is 20.1 Å². The van der Waals surface area contributed by atoms with E-state index in [1.54, 1.807) is 42.6 Å². The van der Waals surface area contributed by atoms with Gasteiger partial charge in [-0.25, -0.2) is 0 Å². The molecule has 1 fully saturated rings. The third-order valence-electron chi connectivity index (χ3n) is 3.77. The van der Waals surface area contributed by atoms with E-state index in [4.69, 9.17) is 10.00 Å². The topological polar surface area (TPSA) is 107 Å². The standard InChI is InChI=1S/C17H16N2O4S/c18-8-10-3-5-11(6-4-10)14-13(2-1-7-19-14)23-16-15(21)12(20)9-24-17(16)22/h1-7,12,15-17,20-22H,9H2/t12-,15+,16-,17-/m1/s1. The Balaban J connectivity index is 1.90. The minimum absolute atomic E-state index is 0.248. The number of thioether (sulfide) groups is 1. The molecule has 1 aromatic heterocycles. The van der Waals surface area contributed by atoms with Gasteiger partial charge in [-0.05, 0) is 24.3 Å². The summed E-state index contributed by atoms with van der Waals surface area (Å²) in [7, 11) is 0. The van der Waals surface area contributed by atoms with Crippen molar-refractivity contribution >= 4 is 11.8 Å². The van der Waals surface area contributed by atoms with E-state index in [1.165, 1.54) is 0 Å². The first-order chi connectivity index (χ1) is 11.6. The Morgan fingerprint density at radius 1 is 1.17 bits per heavy atom. The number of benzene rings is 1. The Kier molecular flexibility index (Phi) is 5.02. The Hall–Kier alpha value is -2.11. The van der Waals surface area contributed by atoms with E-state index in [1.807, 2.05) is 0 Å². The van der Waals surface area contributed by atoms with Crippen LogP contribution in [0.15, 0.2) is 42.6 Å². The minimum Gasteiger partial charge on any atom is -0.482 e. The van der Waals surface area contributed by atoms with Crippen molar-refractivity contribution in [2.24, 2.45) is 0 Å². The molecule has 2 heterocycles. The van der Waals surface area contributed by atoms with E-state index < -0.39 is 23.7 Å². The van der Waals surface area contributed by atoms with Crippen molar-refractivity contribution in [2.45, 2.75) is 23.7 Å². The first-order valence-electron chi connectivity index (χ1n) is 7.38. The summed E-state index contributed by atoms with van der Waals surface area (Å²) >= 11 is 1.13. The molecule has 3 rings (SSSR count). The van der Waals surface area contributed by atoms with Gasteiger partial charge in [-0.3, -0.25) is 4.98 Å². The molecule has 1 aliphatic rings. The number of ether oxygens (including phenoxy) is 1. The fourth-order valence-electron chi connectivity index (χ4n) is 2.46. The number of nitrogens with zero attached hydrogens (tertiary/aromatic N) is 2. The molecule has 1 aliphatic heterocycles. The van der Waals surface area contributed by atoms with Crippen molar-refractivity contribution < 1.29 is 20.1 Å². The fraction of sp³-hybridized carbons (Fsp3) is 0.294. The largest absolute Gasteiger partial charge is 0.482 e.